The molecule has 0 atom stereocenters. The van der Waals surface area contributed by atoms with Crippen LogP contribution in [0.2, 0.25) is 0 Å². The highest BCUT2D eigenvalue weighted by Crippen LogP contribution is 2.37. The van der Waals surface area contributed by atoms with Crippen LogP contribution in [-0.2, 0) is 6.16 Å². The number of H-pyrrole nitrogens is 1. The van der Waals surface area contributed by atoms with E-state index in [9.17, 15) is 0 Å². The first-order valence-corrected chi connectivity index (χ1v) is 7.96. The molecule has 1 aromatic heterocycles. The van der Waals surface area contributed by atoms with Gasteiger partial charge in [-0.15, -0.1) is 0 Å². The third-order valence-corrected chi connectivity index (χ3v) is 5.63. The molecule has 3 rings (SSSR count). The maximum Gasteiger partial charge on any atom is 0.0197 e. The molecule has 2 aromatic carbocycles. The first-order valence-electron chi connectivity index (χ1n) is 6.43. The molecule has 0 aliphatic heterocycles. The Bertz CT molecular complexity index is 563. The van der Waals surface area contributed by atoms with Crippen LogP contribution in [-0.4, -0.2) is 4.98 Å². The Morgan fingerprint density at radius 3 is 1.74 bits per heavy atom. The van der Waals surface area contributed by atoms with Crippen molar-refractivity contribution in [2.45, 2.75) is 6.16 Å². The van der Waals surface area contributed by atoms with Gasteiger partial charge in [-0.05, 0) is 30.7 Å². The molecule has 0 spiro atoms. The fourth-order valence-corrected chi connectivity index (χ4v) is 4.45. The minimum absolute atomic E-state index is 0.333. The Hall–Kier alpha value is -1.85. The molecule has 3 aromatic rings. The van der Waals surface area contributed by atoms with Crippen molar-refractivity contribution in [1.82, 2.24) is 4.98 Å². The lowest BCUT2D eigenvalue weighted by molar-refractivity contribution is 1.23. The fourth-order valence-electron chi connectivity index (χ4n) is 2.18. The highest BCUT2D eigenvalue weighted by atomic mass is 31.1. The van der Waals surface area contributed by atoms with Crippen LogP contribution >= 0.6 is 7.92 Å². The molecule has 0 aliphatic carbocycles. The number of aromatic nitrogens is 1. The van der Waals surface area contributed by atoms with E-state index >= 15 is 0 Å². The summed E-state index contributed by atoms with van der Waals surface area (Å²) in [5.41, 5.74) is 1.30. The second-order valence-corrected chi connectivity index (χ2v) is 6.66. The van der Waals surface area contributed by atoms with Crippen LogP contribution in [0.4, 0.5) is 0 Å². The van der Waals surface area contributed by atoms with Crippen molar-refractivity contribution < 1.29 is 0 Å². The van der Waals surface area contributed by atoms with Crippen LogP contribution in [0.5, 0.6) is 0 Å². The average molecular weight is 265 g/mol. The number of hydrogen-bond donors (Lipinski definition) is 1. The van der Waals surface area contributed by atoms with Crippen molar-refractivity contribution in [1.29, 1.82) is 0 Å². The van der Waals surface area contributed by atoms with Crippen LogP contribution in [0, 0.1) is 0 Å². The number of nitrogens with one attached hydrogen (secondary N) is 1. The SMILES string of the molecule is c1ccc(P(Cc2ccc[nH]2)c2ccccc2)cc1. The third kappa shape index (κ3) is 2.94. The van der Waals surface area contributed by atoms with Gasteiger partial charge in [-0.1, -0.05) is 60.7 Å². The lowest BCUT2D eigenvalue weighted by Crippen LogP contribution is -2.12. The summed E-state index contributed by atoms with van der Waals surface area (Å²) in [5.74, 6) is 0. The second-order valence-electron chi connectivity index (χ2n) is 4.45. The number of benzene rings is 2. The summed E-state index contributed by atoms with van der Waals surface area (Å²) in [6.07, 6.45) is 3.06. The summed E-state index contributed by atoms with van der Waals surface area (Å²) < 4.78 is 0. The molecule has 19 heavy (non-hydrogen) atoms. The lowest BCUT2D eigenvalue weighted by Gasteiger charge is -2.18. The third-order valence-electron chi connectivity index (χ3n) is 3.13. The van der Waals surface area contributed by atoms with Gasteiger partial charge < -0.3 is 4.98 Å². The van der Waals surface area contributed by atoms with Crippen molar-refractivity contribution in [3.05, 3.63) is 84.7 Å². The zero-order chi connectivity index (χ0) is 12.9. The summed E-state index contributed by atoms with van der Waals surface area (Å²) in [4.78, 5) is 3.32. The van der Waals surface area contributed by atoms with Gasteiger partial charge in [0.2, 0.25) is 0 Å². The molecule has 1 nitrogen and oxygen atoms in total. The lowest BCUT2D eigenvalue weighted by atomic mass is 10.4. The monoisotopic (exact) mass is 265 g/mol. The summed E-state index contributed by atoms with van der Waals surface area (Å²) in [7, 11) is -0.333. The minimum atomic E-state index is -0.333. The number of hydrogen-bond acceptors (Lipinski definition) is 0. The van der Waals surface area contributed by atoms with Gasteiger partial charge in [-0.25, -0.2) is 0 Å². The quantitative estimate of drug-likeness (QED) is 0.693. The van der Waals surface area contributed by atoms with Crippen molar-refractivity contribution in [2.24, 2.45) is 0 Å². The predicted octanol–water partition coefficient (Wildman–Crippen LogP) is 3.65. The first kappa shape index (κ1) is 12.2. The van der Waals surface area contributed by atoms with E-state index in [4.69, 9.17) is 0 Å². The predicted molar refractivity (Wildman–Crippen MR) is 83.6 cm³/mol. The zero-order valence-electron chi connectivity index (χ0n) is 10.7. The topological polar surface area (TPSA) is 15.8 Å². The van der Waals surface area contributed by atoms with Crippen LogP contribution < -0.4 is 10.6 Å². The van der Waals surface area contributed by atoms with E-state index in [1.54, 1.807) is 0 Å². The number of aromatic amines is 1. The van der Waals surface area contributed by atoms with Crippen LogP contribution in [0.25, 0.3) is 0 Å². The standard InChI is InChI=1S/C17H16NP/c1-3-9-16(10-4-1)19(14-15-8-7-13-18-15)17-11-5-2-6-12-17/h1-13,18H,14H2. The van der Waals surface area contributed by atoms with Gasteiger partial charge in [0, 0.05) is 18.1 Å². The van der Waals surface area contributed by atoms with E-state index < -0.39 is 0 Å². The van der Waals surface area contributed by atoms with Gasteiger partial charge in [0.25, 0.3) is 0 Å². The average Bonchev–Trinajstić information content (AvgIpc) is 3.00. The normalized spacial score (nSPS) is 10.8. The van der Waals surface area contributed by atoms with Crippen LogP contribution in [0.1, 0.15) is 5.69 Å². The van der Waals surface area contributed by atoms with Crippen molar-refractivity contribution >= 4 is 18.5 Å². The Kier molecular flexibility index (Phi) is 3.76. The zero-order valence-corrected chi connectivity index (χ0v) is 11.6. The molecule has 0 saturated carbocycles. The molecule has 0 aliphatic rings. The Balaban J connectivity index is 1.96. The number of rotatable bonds is 4. The molecule has 94 valence electrons. The molecule has 0 fully saturated rings. The van der Waals surface area contributed by atoms with E-state index in [1.165, 1.54) is 16.3 Å². The molecular formula is C17H16NP. The van der Waals surface area contributed by atoms with Crippen molar-refractivity contribution in [2.75, 3.05) is 0 Å². The molecule has 0 unspecified atom stereocenters. The molecule has 2 heteroatoms. The van der Waals surface area contributed by atoms with E-state index in [2.05, 4.69) is 77.8 Å². The Morgan fingerprint density at radius 2 is 1.26 bits per heavy atom. The molecule has 0 amide bonds. The maximum absolute atomic E-state index is 3.32. The van der Waals surface area contributed by atoms with Gasteiger partial charge in [0.15, 0.2) is 0 Å². The molecule has 0 bridgehead atoms. The fraction of sp³-hybridized carbons (Fsp3) is 0.0588. The summed E-state index contributed by atoms with van der Waals surface area (Å²) in [5, 5.41) is 2.86. The highest BCUT2D eigenvalue weighted by molar-refractivity contribution is 7.72. The van der Waals surface area contributed by atoms with Gasteiger partial charge in [0.05, 0.1) is 0 Å². The van der Waals surface area contributed by atoms with E-state index in [0.717, 1.165) is 6.16 Å². The maximum atomic E-state index is 3.32. The van der Waals surface area contributed by atoms with Gasteiger partial charge in [-0.3, -0.25) is 0 Å². The first-order chi connectivity index (χ1) is 9.43. The Labute approximate surface area is 115 Å². The van der Waals surface area contributed by atoms with Gasteiger partial charge >= 0.3 is 0 Å². The van der Waals surface area contributed by atoms with E-state index in [-0.39, 0.29) is 7.92 Å². The van der Waals surface area contributed by atoms with Gasteiger partial charge in [0.1, 0.15) is 0 Å². The smallest absolute Gasteiger partial charge is 0.0197 e. The molecular weight excluding hydrogens is 249 g/mol. The Morgan fingerprint density at radius 1 is 0.684 bits per heavy atom. The molecule has 1 heterocycles. The summed E-state index contributed by atoms with van der Waals surface area (Å²) >= 11 is 0. The minimum Gasteiger partial charge on any atom is -0.365 e. The second kappa shape index (κ2) is 5.86. The van der Waals surface area contributed by atoms with Crippen LogP contribution in [0.15, 0.2) is 79.0 Å². The highest BCUT2D eigenvalue weighted by Gasteiger charge is 2.14. The van der Waals surface area contributed by atoms with E-state index in [0.29, 0.717) is 0 Å². The summed E-state index contributed by atoms with van der Waals surface area (Å²) in [6, 6.07) is 25.9. The van der Waals surface area contributed by atoms with Crippen molar-refractivity contribution in [3.8, 4) is 0 Å². The van der Waals surface area contributed by atoms with Gasteiger partial charge in [-0.2, -0.15) is 0 Å². The van der Waals surface area contributed by atoms with Crippen molar-refractivity contribution in [3.63, 3.8) is 0 Å². The van der Waals surface area contributed by atoms with E-state index in [1.807, 2.05) is 6.20 Å². The molecule has 1 N–H and O–H groups in total. The van der Waals surface area contributed by atoms with Crippen LogP contribution in [0.3, 0.4) is 0 Å². The largest absolute Gasteiger partial charge is 0.365 e. The molecule has 0 saturated heterocycles. The summed E-state index contributed by atoms with van der Waals surface area (Å²) in [6.45, 7) is 0. The molecule has 0 radical (unpaired) electrons.